The average molecular weight is 819 g/mol. The Bertz CT molecular complexity index is 1750. The number of carboxylic acid groups (broad SMARTS) is 1. The Kier molecular flexibility index (Phi) is 29.3. The van der Waals surface area contributed by atoms with Gasteiger partial charge in [0, 0.05) is 0 Å². The summed E-state index contributed by atoms with van der Waals surface area (Å²) in [6.07, 6.45) is 44.6. The Morgan fingerprint density at radius 1 is 0.400 bits per heavy atom. The Hall–Kier alpha value is -4.11. The molecule has 3 heteroatoms. The van der Waals surface area contributed by atoms with Gasteiger partial charge in [0.1, 0.15) is 5.75 Å². The minimum Gasteiger partial charge on any atom is -0.508 e. The molecule has 2 N–H and O–H groups in total. The zero-order valence-electron chi connectivity index (χ0n) is 40.2. The third kappa shape index (κ3) is 29.2. The van der Waals surface area contributed by atoms with Gasteiger partial charge in [-0.2, -0.15) is 0 Å². The second-order valence-corrected chi connectivity index (χ2v) is 17.9. The molecule has 0 bridgehead atoms. The number of benzene rings is 1. The average Bonchev–Trinajstić information content (AvgIpc) is 3.17. The summed E-state index contributed by atoms with van der Waals surface area (Å²) < 4.78 is 0. The van der Waals surface area contributed by atoms with Crippen molar-refractivity contribution in [3.05, 3.63) is 146 Å². The molecule has 332 valence electrons. The van der Waals surface area contributed by atoms with Crippen LogP contribution in [0.15, 0.2) is 135 Å². The van der Waals surface area contributed by atoms with Crippen molar-refractivity contribution in [2.24, 2.45) is 0 Å². The van der Waals surface area contributed by atoms with Gasteiger partial charge in [0.05, 0.1) is 5.56 Å². The predicted octanol–water partition coefficient (Wildman–Crippen LogP) is 18.1. The van der Waals surface area contributed by atoms with Crippen molar-refractivity contribution < 1.29 is 15.0 Å². The van der Waals surface area contributed by atoms with E-state index in [1.807, 2.05) is 0 Å². The van der Waals surface area contributed by atoms with Crippen molar-refractivity contribution in [1.82, 2.24) is 0 Å². The summed E-state index contributed by atoms with van der Waals surface area (Å²) in [6, 6.07) is 4.45. The van der Waals surface area contributed by atoms with E-state index in [4.69, 9.17) is 0 Å². The highest BCUT2D eigenvalue weighted by Gasteiger charge is 2.07. The summed E-state index contributed by atoms with van der Waals surface area (Å²) in [5.41, 5.74) is 15.5. The van der Waals surface area contributed by atoms with E-state index in [0.29, 0.717) is 12.0 Å². The highest BCUT2D eigenvalue weighted by atomic mass is 16.4. The summed E-state index contributed by atoms with van der Waals surface area (Å²) in [7, 11) is 0. The SMILES string of the molecule is CC(C)=CCCC(C)=CCCC(C)=CCCC(C)=CCCC(C)=CCCC(C)=CCCC(C)=CCCC(C)=CCC/C(C)=C/CC/C(C)=C/Cc1cc(C(=O)O)ccc1O. The maximum atomic E-state index is 11.2. The lowest BCUT2D eigenvalue weighted by molar-refractivity contribution is 0.0696. The number of rotatable bonds is 30. The first kappa shape index (κ1) is 53.9. The number of phenols is 1. The molecule has 0 aliphatic carbocycles. The van der Waals surface area contributed by atoms with E-state index in [0.717, 1.165) is 96.3 Å². The van der Waals surface area contributed by atoms with Crippen LogP contribution in [-0.4, -0.2) is 16.2 Å². The Morgan fingerprint density at radius 2 is 0.650 bits per heavy atom. The molecular formula is C57H86O3. The minimum atomic E-state index is -0.977. The van der Waals surface area contributed by atoms with Gasteiger partial charge in [0.15, 0.2) is 0 Å². The molecule has 1 aromatic carbocycles. The van der Waals surface area contributed by atoms with Crippen LogP contribution in [0.2, 0.25) is 0 Å². The quantitative estimate of drug-likeness (QED) is 0.0760. The highest BCUT2D eigenvalue weighted by molar-refractivity contribution is 5.88. The topological polar surface area (TPSA) is 57.5 Å². The maximum absolute atomic E-state index is 11.2. The minimum absolute atomic E-state index is 0.142. The molecule has 0 aromatic heterocycles. The molecule has 0 atom stereocenters. The molecular weight excluding hydrogens is 733 g/mol. The Labute approximate surface area is 369 Å². The summed E-state index contributed by atoms with van der Waals surface area (Å²) in [5, 5.41) is 19.3. The van der Waals surface area contributed by atoms with Gasteiger partial charge in [0.25, 0.3) is 0 Å². The van der Waals surface area contributed by atoms with Crippen molar-refractivity contribution in [3.8, 4) is 5.75 Å². The smallest absolute Gasteiger partial charge is 0.335 e. The molecule has 0 spiro atoms. The molecule has 0 saturated heterocycles. The fourth-order valence-electron chi connectivity index (χ4n) is 7.04. The summed E-state index contributed by atoms with van der Waals surface area (Å²) in [5.74, 6) is -0.836. The van der Waals surface area contributed by atoms with Crippen LogP contribution >= 0.6 is 0 Å². The maximum Gasteiger partial charge on any atom is 0.335 e. The lowest BCUT2D eigenvalue weighted by Crippen LogP contribution is -1.97. The zero-order chi connectivity index (χ0) is 44.7. The summed E-state index contributed by atoms with van der Waals surface area (Å²) >= 11 is 0. The second kappa shape index (κ2) is 32.6. The molecule has 0 aliphatic heterocycles. The first-order valence-electron chi connectivity index (χ1n) is 23.1. The first-order chi connectivity index (χ1) is 28.5. The van der Waals surface area contributed by atoms with Gasteiger partial charge in [-0.3, -0.25) is 0 Å². The third-order valence-electron chi connectivity index (χ3n) is 11.3. The van der Waals surface area contributed by atoms with Crippen molar-refractivity contribution in [1.29, 1.82) is 0 Å². The van der Waals surface area contributed by atoms with Gasteiger partial charge in [-0.15, -0.1) is 0 Å². The van der Waals surface area contributed by atoms with Crippen LogP contribution in [0.25, 0.3) is 0 Å². The summed E-state index contributed by atoms with van der Waals surface area (Å²) in [4.78, 5) is 11.2. The van der Waals surface area contributed by atoms with Crippen LogP contribution in [0.3, 0.4) is 0 Å². The number of phenolic OH excluding ortho intramolecular Hbond substituents is 1. The van der Waals surface area contributed by atoms with Crippen molar-refractivity contribution in [3.63, 3.8) is 0 Å². The van der Waals surface area contributed by atoms with Gasteiger partial charge in [0.2, 0.25) is 0 Å². The number of carbonyl (C=O) groups is 1. The third-order valence-corrected chi connectivity index (χ3v) is 11.3. The lowest BCUT2D eigenvalue weighted by atomic mass is 10.0. The fourth-order valence-corrected chi connectivity index (χ4v) is 7.04. The molecule has 0 aliphatic rings. The molecule has 60 heavy (non-hydrogen) atoms. The molecule has 0 heterocycles. The normalized spacial score (nSPS) is 14.3. The van der Waals surface area contributed by atoms with Gasteiger partial charge in [-0.1, -0.05) is 116 Å². The van der Waals surface area contributed by atoms with Crippen molar-refractivity contribution in [2.45, 2.75) is 198 Å². The standard InChI is InChI=1S/C57H86O3/c1-44(2)21-12-22-45(3)23-13-24-46(4)25-14-26-47(5)27-15-28-48(6)29-16-30-49(7)31-17-32-50(8)33-18-34-51(9)35-19-36-52(10)37-20-38-53(11)39-40-54-43-55(57(59)60)41-42-56(54)58/h21,23,25,27,29,31,33,35,37,39,41-43,58H,12-20,22,24,26,28,30,32,34,36,38,40H2,1-11H3,(H,59,60)/b45-23?,46-25?,47-27?,48-29?,49-31?,50-33?,51-35?,52-37+,53-39+. The van der Waals surface area contributed by atoms with Crippen LogP contribution in [0.5, 0.6) is 5.75 Å². The molecule has 3 nitrogen and oxygen atoms in total. The van der Waals surface area contributed by atoms with Gasteiger partial charge >= 0.3 is 5.97 Å². The molecule has 0 saturated carbocycles. The number of hydrogen-bond acceptors (Lipinski definition) is 2. The van der Waals surface area contributed by atoms with Gasteiger partial charge < -0.3 is 10.2 Å². The Morgan fingerprint density at radius 3 is 0.900 bits per heavy atom. The molecule has 0 radical (unpaired) electrons. The lowest BCUT2D eigenvalue weighted by Gasteiger charge is -2.05. The van der Waals surface area contributed by atoms with Gasteiger partial charge in [-0.05, 0) is 222 Å². The monoisotopic (exact) mass is 819 g/mol. The summed E-state index contributed by atoms with van der Waals surface area (Å²) in [6.45, 7) is 24.7. The fraction of sp³-hybridized carbons (Fsp3) is 0.526. The zero-order valence-corrected chi connectivity index (χ0v) is 40.2. The highest BCUT2D eigenvalue weighted by Crippen LogP contribution is 2.22. The van der Waals surface area contributed by atoms with Gasteiger partial charge in [-0.25, -0.2) is 4.79 Å². The molecule has 0 fully saturated rings. The van der Waals surface area contributed by atoms with Crippen molar-refractivity contribution >= 4 is 5.97 Å². The molecule has 1 rings (SSSR count). The van der Waals surface area contributed by atoms with Crippen LogP contribution in [0.4, 0.5) is 0 Å². The molecule has 1 aromatic rings. The van der Waals surface area contributed by atoms with E-state index in [-0.39, 0.29) is 11.3 Å². The van der Waals surface area contributed by atoms with E-state index < -0.39 is 5.97 Å². The van der Waals surface area contributed by atoms with Crippen LogP contribution in [-0.2, 0) is 6.42 Å². The van der Waals surface area contributed by atoms with E-state index in [2.05, 4.69) is 137 Å². The predicted molar refractivity (Wildman–Crippen MR) is 265 cm³/mol. The number of allylic oxidation sites excluding steroid dienone is 20. The number of aromatic carboxylic acids is 1. The van der Waals surface area contributed by atoms with E-state index >= 15 is 0 Å². The number of carboxylic acids is 1. The Balaban J connectivity index is 2.26. The van der Waals surface area contributed by atoms with Crippen LogP contribution < -0.4 is 0 Å². The van der Waals surface area contributed by atoms with Crippen LogP contribution in [0, 0.1) is 0 Å². The van der Waals surface area contributed by atoms with Crippen LogP contribution in [0.1, 0.15) is 208 Å². The molecule has 0 unspecified atom stereocenters. The van der Waals surface area contributed by atoms with E-state index in [1.54, 1.807) is 6.07 Å². The van der Waals surface area contributed by atoms with E-state index in [9.17, 15) is 15.0 Å². The number of hydrogen-bond donors (Lipinski definition) is 2. The first-order valence-corrected chi connectivity index (χ1v) is 23.1. The second-order valence-electron chi connectivity index (χ2n) is 17.9. The number of aromatic hydroxyl groups is 1. The van der Waals surface area contributed by atoms with E-state index in [1.165, 1.54) is 87.1 Å². The molecule has 0 amide bonds. The van der Waals surface area contributed by atoms with Crippen molar-refractivity contribution in [2.75, 3.05) is 0 Å². The largest absolute Gasteiger partial charge is 0.508 e.